The second-order valence-electron chi connectivity index (χ2n) is 3.94. The standard InChI is InChI=1S/C13H13ClN2O2S/c14-10-4-3-5-11(15)13(10)19(18)9-8-16-7-2-1-6-12(16)17/h1-7H,8-9,15H2. The second-order valence-corrected chi connectivity index (χ2v) is 5.85. The molecule has 1 aromatic carbocycles. The Balaban J connectivity index is 2.15. The molecule has 0 aliphatic heterocycles. The van der Waals surface area contributed by atoms with Crippen molar-refractivity contribution in [1.82, 2.24) is 4.57 Å². The summed E-state index contributed by atoms with van der Waals surface area (Å²) in [5, 5.41) is 0.388. The van der Waals surface area contributed by atoms with Crippen LogP contribution in [0, 0.1) is 0 Å². The van der Waals surface area contributed by atoms with Crippen molar-refractivity contribution in [2.75, 3.05) is 11.5 Å². The van der Waals surface area contributed by atoms with Crippen LogP contribution in [-0.4, -0.2) is 14.5 Å². The van der Waals surface area contributed by atoms with E-state index in [0.717, 1.165) is 0 Å². The highest BCUT2D eigenvalue weighted by atomic mass is 35.5. The van der Waals surface area contributed by atoms with Gasteiger partial charge in [-0.15, -0.1) is 0 Å². The molecule has 1 unspecified atom stereocenters. The van der Waals surface area contributed by atoms with Crippen molar-refractivity contribution >= 4 is 28.1 Å². The number of rotatable bonds is 4. The van der Waals surface area contributed by atoms with Crippen LogP contribution in [0.5, 0.6) is 0 Å². The smallest absolute Gasteiger partial charge is 0.250 e. The molecule has 0 fully saturated rings. The lowest BCUT2D eigenvalue weighted by Gasteiger charge is -2.09. The number of nitrogens with zero attached hydrogens (tertiary/aromatic N) is 1. The van der Waals surface area contributed by atoms with E-state index < -0.39 is 10.8 Å². The summed E-state index contributed by atoms with van der Waals surface area (Å²) >= 11 is 6.00. The number of anilines is 1. The van der Waals surface area contributed by atoms with Gasteiger partial charge < -0.3 is 10.3 Å². The molecule has 1 heterocycles. The normalized spacial score (nSPS) is 12.3. The number of hydrogen-bond acceptors (Lipinski definition) is 3. The molecular weight excluding hydrogens is 284 g/mol. The van der Waals surface area contributed by atoms with Crippen LogP contribution in [-0.2, 0) is 17.3 Å². The number of aromatic nitrogens is 1. The number of aryl methyl sites for hydroxylation is 1. The Morgan fingerprint density at radius 3 is 2.68 bits per heavy atom. The Bertz CT molecular complexity index is 649. The largest absolute Gasteiger partial charge is 0.398 e. The van der Waals surface area contributed by atoms with Crippen LogP contribution < -0.4 is 11.3 Å². The molecule has 4 nitrogen and oxygen atoms in total. The van der Waals surface area contributed by atoms with Gasteiger partial charge in [-0.05, 0) is 18.2 Å². The predicted octanol–water partition coefficient (Wildman–Crippen LogP) is 1.89. The molecule has 0 aliphatic carbocycles. The topological polar surface area (TPSA) is 65.1 Å². The van der Waals surface area contributed by atoms with Crippen LogP contribution >= 0.6 is 11.6 Å². The molecule has 0 aliphatic rings. The molecule has 0 spiro atoms. The minimum atomic E-state index is -1.33. The zero-order valence-corrected chi connectivity index (χ0v) is 11.7. The zero-order chi connectivity index (χ0) is 13.8. The molecule has 2 aromatic rings. The number of benzene rings is 1. The summed E-state index contributed by atoms with van der Waals surface area (Å²) in [6.07, 6.45) is 1.66. The van der Waals surface area contributed by atoms with Gasteiger partial charge in [0.15, 0.2) is 0 Å². The molecule has 0 amide bonds. The van der Waals surface area contributed by atoms with Crippen molar-refractivity contribution in [3.05, 3.63) is 58.0 Å². The summed E-state index contributed by atoms with van der Waals surface area (Å²) in [6.45, 7) is 0.358. The molecular formula is C13H13ClN2O2S. The first-order chi connectivity index (χ1) is 9.09. The van der Waals surface area contributed by atoms with Gasteiger partial charge in [-0.3, -0.25) is 9.00 Å². The SMILES string of the molecule is Nc1cccc(Cl)c1S(=O)CCn1ccccc1=O. The van der Waals surface area contributed by atoms with Crippen molar-refractivity contribution in [3.63, 3.8) is 0 Å². The van der Waals surface area contributed by atoms with Crippen LogP contribution in [0.25, 0.3) is 0 Å². The van der Waals surface area contributed by atoms with Gasteiger partial charge in [0.05, 0.1) is 20.7 Å². The summed E-state index contributed by atoms with van der Waals surface area (Å²) in [7, 11) is -1.33. The van der Waals surface area contributed by atoms with Gasteiger partial charge in [0.1, 0.15) is 0 Å². The highest BCUT2D eigenvalue weighted by Gasteiger charge is 2.12. The molecule has 19 heavy (non-hydrogen) atoms. The van der Waals surface area contributed by atoms with Gasteiger partial charge >= 0.3 is 0 Å². The van der Waals surface area contributed by atoms with Gasteiger partial charge in [-0.25, -0.2) is 0 Å². The number of nitrogens with two attached hydrogens (primary N) is 1. The third kappa shape index (κ3) is 3.24. The lowest BCUT2D eigenvalue weighted by molar-refractivity contribution is 0.669. The molecule has 0 saturated heterocycles. The summed E-state index contributed by atoms with van der Waals surface area (Å²) in [6, 6.07) is 9.91. The third-order valence-electron chi connectivity index (χ3n) is 2.64. The molecule has 0 radical (unpaired) electrons. The first-order valence-corrected chi connectivity index (χ1v) is 7.37. The number of hydrogen-bond donors (Lipinski definition) is 1. The summed E-state index contributed by atoms with van der Waals surface area (Å²) in [4.78, 5) is 12.0. The fourth-order valence-electron chi connectivity index (χ4n) is 1.69. The first kappa shape index (κ1) is 13.8. The Kier molecular flexibility index (Phi) is 4.39. The average molecular weight is 297 g/mol. The van der Waals surface area contributed by atoms with Crippen molar-refractivity contribution in [2.45, 2.75) is 11.4 Å². The molecule has 100 valence electrons. The fraction of sp³-hybridized carbons (Fsp3) is 0.154. The van der Waals surface area contributed by atoms with Crippen molar-refractivity contribution in [1.29, 1.82) is 0 Å². The summed E-state index contributed by atoms with van der Waals surface area (Å²) < 4.78 is 13.7. The van der Waals surface area contributed by atoms with Crippen molar-refractivity contribution < 1.29 is 4.21 Å². The van der Waals surface area contributed by atoms with E-state index in [4.69, 9.17) is 17.3 Å². The molecule has 2 N–H and O–H groups in total. The second kappa shape index (κ2) is 6.04. The van der Waals surface area contributed by atoms with Gasteiger partial charge in [0.25, 0.3) is 5.56 Å². The summed E-state index contributed by atoms with van der Waals surface area (Å²) in [5.74, 6) is 0.290. The first-order valence-electron chi connectivity index (χ1n) is 5.67. The van der Waals surface area contributed by atoms with E-state index in [1.807, 2.05) is 0 Å². The Morgan fingerprint density at radius 2 is 2.00 bits per heavy atom. The van der Waals surface area contributed by atoms with E-state index in [0.29, 0.717) is 22.2 Å². The Hall–Kier alpha value is -1.59. The molecule has 2 rings (SSSR count). The maximum Gasteiger partial charge on any atom is 0.250 e. The van der Waals surface area contributed by atoms with E-state index in [1.165, 1.54) is 10.6 Å². The molecule has 1 atom stereocenters. The summed E-state index contributed by atoms with van der Waals surface area (Å²) in [5.41, 5.74) is 6.06. The molecule has 6 heteroatoms. The number of pyridine rings is 1. The van der Waals surface area contributed by atoms with Gasteiger partial charge in [-0.1, -0.05) is 23.7 Å². The predicted molar refractivity (Wildman–Crippen MR) is 77.8 cm³/mol. The third-order valence-corrected chi connectivity index (χ3v) is 4.53. The molecule has 0 saturated carbocycles. The quantitative estimate of drug-likeness (QED) is 0.876. The lowest BCUT2D eigenvalue weighted by atomic mass is 10.3. The fourth-order valence-corrected chi connectivity index (χ4v) is 3.32. The highest BCUT2D eigenvalue weighted by Crippen LogP contribution is 2.25. The van der Waals surface area contributed by atoms with Crippen LogP contribution in [0.15, 0.2) is 52.3 Å². The maximum atomic E-state index is 12.2. The Labute approximate surface area is 118 Å². The maximum absolute atomic E-state index is 12.2. The van der Waals surface area contributed by atoms with Gasteiger partial charge in [0.2, 0.25) is 0 Å². The van der Waals surface area contributed by atoms with E-state index in [-0.39, 0.29) is 11.3 Å². The average Bonchev–Trinajstić information content (AvgIpc) is 2.37. The number of nitrogen functional groups attached to an aromatic ring is 1. The lowest BCUT2D eigenvalue weighted by Crippen LogP contribution is -2.21. The zero-order valence-electron chi connectivity index (χ0n) is 10.1. The number of halogens is 1. The Morgan fingerprint density at radius 1 is 1.21 bits per heavy atom. The van der Waals surface area contributed by atoms with E-state index in [1.54, 1.807) is 36.5 Å². The molecule has 0 bridgehead atoms. The van der Waals surface area contributed by atoms with E-state index in [2.05, 4.69) is 0 Å². The van der Waals surface area contributed by atoms with Crippen LogP contribution in [0.4, 0.5) is 5.69 Å². The van der Waals surface area contributed by atoms with Crippen molar-refractivity contribution in [3.8, 4) is 0 Å². The van der Waals surface area contributed by atoms with Gasteiger partial charge in [0, 0.05) is 30.2 Å². The minimum Gasteiger partial charge on any atom is -0.398 e. The van der Waals surface area contributed by atoms with E-state index in [9.17, 15) is 9.00 Å². The van der Waals surface area contributed by atoms with Crippen molar-refractivity contribution in [2.24, 2.45) is 0 Å². The molecule has 1 aromatic heterocycles. The van der Waals surface area contributed by atoms with Crippen LogP contribution in [0.3, 0.4) is 0 Å². The highest BCUT2D eigenvalue weighted by molar-refractivity contribution is 7.85. The van der Waals surface area contributed by atoms with E-state index >= 15 is 0 Å². The van der Waals surface area contributed by atoms with Crippen LogP contribution in [0.2, 0.25) is 5.02 Å². The van der Waals surface area contributed by atoms with Crippen LogP contribution in [0.1, 0.15) is 0 Å². The van der Waals surface area contributed by atoms with Gasteiger partial charge in [-0.2, -0.15) is 0 Å². The monoisotopic (exact) mass is 296 g/mol. The minimum absolute atomic E-state index is 0.119.